The van der Waals surface area contributed by atoms with Crippen molar-refractivity contribution in [3.8, 4) is 11.1 Å². The van der Waals surface area contributed by atoms with E-state index in [1.807, 2.05) is 40.8 Å². The molecular formula is C21H18ClN5O. The van der Waals surface area contributed by atoms with E-state index in [1.165, 1.54) is 6.42 Å². The lowest BCUT2D eigenvalue weighted by atomic mass is 9.82. The Morgan fingerprint density at radius 3 is 2.61 bits per heavy atom. The Hall–Kier alpha value is -2.96. The van der Waals surface area contributed by atoms with E-state index < -0.39 is 5.91 Å². The van der Waals surface area contributed by atoms with Crippen molar-refractivity contribution >= 4 is 34.2 Å². The number of nitrogen functional groups attached to an aromatic ring is 1. The molecule has 0 bridgehead atoms. The standard InChI is InChI=1S/C21H18ClN5O/c22-14-6-4-12(5-7-14)16-10-17(13-2-1-3-13)25-20-15(16)8-9-19-24-18(11-27(19)20)21(28)26-23/h4-11,13H,1-3,23H2,(H,26,28). The van der Waals surface area contributed by atoms with Gasteiger partial charge in [-0.1, -0.05) is 30.2 Å². The third-order valence-corrected chi connectivity index (χ3v) is 5.71. The summed E-state index contributed by atoms with van der Waals surface area (Å²) in [6, 6.07) is 13.9. The van der Waals surface area contributed by atoms with Crippen molar-refractivity contribution in [3.63, 3.8) is 0 Å². The van der Waals surface area contributed by atoms with Gasteiger partial charge in [-0.15, -0.1) is 0 Å². The number of nitrogens with two attached hydrogens (primary N) is 1. The average Bonchev–Trinajstić information content (AvgIpc) is 3.11. The van der Waals surface area contributed by atoms with Gasteiger partial charge in [0.2, 0.25) is 0 Å². The number of amides is 1. The Bertz CT molecular complexity index is 1210. The molecule has 4 aromatic rings. The molecule has 28 heavy (non-hydrogen) atoms. The lowest BCUT2D eigenvalue weighted by molar-refractivity contribution is 0.0949. The van der Waals surface area contributed by atoms with Crippen molar-refractivity contribution in [2.75, 3.05) is 0 Å². The number of nitrogens with zero attached hydrogens (tertiary/aromatic N) is 3. The van der Waals surface area contributed by atoms with Crippen LogP contribution in [0.15, 0.2) is 48.7 Å². The topological polar surface area (TPSA) is 85.3 Å². The van der Waals surface area contributed by atoms with E-state index in [2.05, 4.69) is 16.5 Å². The predicted octanol–water partition coefficient (Wildman–Crippen LogP) is 4.07. The number of rotatable bonds is 3. The van der Waals surface area contributed by atoms with Crippen LogP contribution in [-0.4, -0.2) is 20.3 Å². The normalized spacial score (nSPS) is 14.4. The molecule has 1 aliphatic carbocycles. The van der Waals surface area contributed by atoms with Gasteiger partial charge in [0, 0.05) is 28.2 Å². The lowest BCUT2D eigenvalue weighted by Crippen LogP contribution is -2.30. The molecule has 3 aromatic heterocycles. The second-order valence-corrected chi connectivity index (χ2v) is 7.56. The van der Waals surface area contributed by atoms with Gasteiger partial charge in [0.1, 0.15) is 17.0 Å². The number of hydrogen-bond donors (Lipinski definition) is 2. The predicted molar refractivity (Wildman–Crippen MR) is 109 cm³/mol. The van der Waals surface area contributed by atoms with E-state index in [4.69, 9.17) is 22.4 Å². The zero-order valence-corrected chi connectivity index (χ0v) is 15.8. The van der Waals surface area contributed by atoms with E-state index in [1.54, 1.807) is 6.20 Å². The van der Waals surface area contributed by atoms with Crippen LogP contribution in [0.25, 0.3) is 27.8 Å². The molecule has 5 rings (SSSR count). The van der Waals surface area contributed by atoms with Crippen LogP contribution >= 0.6 is 11.6 Å². The molecule has 0 aliphatic heterocycles. The van der Waals surface area contributed by atoms with E-state index in [-0.39, 0.29) is 5.69 Å². The molecule has 0 atom stereocenters. The second kappa shape index (κ2) is 6.58. The van der Waals surface area contributed by atoms with Gasteiger partial charge in [-0.05, 0) is 54.3 Å². The van der Waals surface area contributed by atoms with E-state index >= 15 is 0 Å². The minimum Gasteiger partial charge on any atom is -0.289 e. The Kier molecular flexibility index (Phi) is 4.03. The Balaban J connectivity index is 1.80. The molecule has 0 radical (unpaired) electrons. The zero-order chi connectivity index (χ0) is 19.3. The molecule has 0 unspecified atom stereocenters. The molecule has 3 heterocycles. The third kappa shape index (κ3) is 2.73. The minimum atomic E-state index is -0.426. The van der Waals surface area contributed by atoms with Gasteiger partial charge in [0.05, 0.1) is 0 Å². The van der Waals surface area contributed by atoms with Crippen molar-refractivity contribution in [3.05, 3.63) is 65.1 Å². The van der Waals surface area contributed by atoms with Crippen LogP contribution in [0.4, 0.5) is 0 Å². The summed E-state index contributed by atoms with van der Waals surface area (Å²) in [6.07, 6.45) is 5.22. The van der Waals surface area contributed by atoms with Gasteiger partial charge in [0.15, 0.2) is 0 Å². The van der Waals surface area contributed by atoms with Gasteiger partial charge < -0.3 is 0 Å². The molecule has 140 valence electrons. The summed E-state index contributed by atoms with van der Waals surface area (Å²) in [5.74, 6) is 5.31. The van der Waals surface area contributed by atoms with E-state index in [0.717, 1.165) is 40.7 Å². The summed E-state index contributed by atoms with van der Waals surface area (Å²) in [6.45, 7) is 0. The largest absolute Gasteiger partial charge is 0.289 e. The van der Waals surface area contributed by atoms with Crippen molar-refractivity contribution in [2.24, 2.45) is 5.84 Å². The molecule has 7 heteroatoms. The fourth-order valence-corrected chi connectivity index (χ4v) is 3.84. The first-order valence-electron chi connectivity index (χ1n) is 9.23. The van der Waals surface area contributed by atoms with Gasteiger partial charge in [0.25, 0.3) is 5.91 Å². The highest BCUT2D eigenvalue weighted by molar-refractivity contribution is 6.30. The number of aromatic nitrogens is 3. The number of carbonyl (C=O) groups excluding carboxylic acids is 1. The maximum Gasteiger partial charge on any atom is 0.285 e. The fraction of sp³-hybridized carbons (Fsp3) is 0.190. The van der Waals surface area contributed by atoms with Crippen LogP contribution in [0.2, 0.25) is 5.02 Å². The Morgan fingerprint density at radius 1 is 1.14 bits per heavy atom. The lowest BCUT2D eigenvalue weighted by Gasteiger charge is -2.25. The number of benzene rings is 1. The number of hydrogen-bond acceptors (Lipinski definition) is 4. The summed E-state index contributed by atoms with van der Waals surface area (Å²) in [5, 5.41) is 1.70. The molecular weight excluding hydrogens is 374 g/mol. The third-order valence-electron chi connectivity index (χ3n) is 5.46. The highest BCUT2D eigenvalue weighted by atomic mass is 35.5. The van der Waals surface area contributed by atoms with E-state index in [0.29, 0.717) is 16.6 Å². The van der Waals surface area contributed by atoms with Crippen LogP contribution in [0, 0.1) is 0 Å². The highest BCUT2D eigenvalue weighted by Crippen LogP contribution is 2.39. The van der Waals surface area contributed by atoms with Gasteiger partial charge in [-0.3, -0.25) is 14.6 Å². The first-order valence-corrected chi connectivity index (χ1v) is 9.61. The molecule has 0 spiro atoms. The second-order valence-electron chi connectivity index (χ2n) is 7.13. The molecule has 0 saturated heterocycles. The number of hydrazine groups is 1. The van der Waals surface area contributed by atoms with Crippen molar-refractivity contribution in [1.82, 2.24) is 19.8 Å². The number of imidazole rings is 1. The monoisotopic (exact) mass is 391 g/mol. The molecule has 1 aliphatic rings. The van der Waals surface area contributed by atoms with Gasteiger partial charge in [-0.25, -0.2) is 15.8 Å². The summed E-state index contributed by atoms with van der Waals surface area (Å²) >= 11 is 6.08. The first-order chi connectivity index (χ1) is 13.6. The fourth-order valence-electron chi connectivity index (χ4n) is 3.71. The van der Waals surface area contributed by atoms with Crippen LogP contribution < -0.4 is 11.3 Å². The molecule has 1 fully saturated rings. The van der Waals surface area contributed by atoms with E-state index in [9.17, 15) is 4.79 Å². The van der Waals surface area contributed by atoms with Gasteiger partial charge >= 0.3 is 0 Å². The summed E-state index contributed by atoms with van der Waals surface area (Å²) in [7, 11) is 0. The minimum absolute atomic E-state index is 0.263. The maximum absolute atomic E-state index is 11.9. The van der Waals surface area contributed by atoms with Crippen LogP contribution in [0.1, 0.15) is 41.4 Å². The number of fused-ring (bicyclic) bond motifs is 3. The zero-order valence-electron chi connectivity index (χ0n) is 15.0. The molecule has 1 aromatic carbocycles. The summed E-state index contributed by atoms with van der Waals surface area (Å²) < 4.78 is 1.86. The maximum atomic E-state index is 11.9. The number of carbonyl (C=O) groups is 1. The smallest absolute Gasteiger partial charge is 0.285 e. The molecule has 1 amide bonds. The van der Waals surface area contributed by atoms with Crippen molar-refractivity contribution < 1.29 is 4.79 Å². The van der Waals surface area contributed by atoms with Crippen LogP contribution in [-0.2, 0) is 0 Å². The van der Waals surface area contributed by atoms with Crippen LogP contribution in [0.3, 0.4) is 0 Å². The van der Waals surface area contributed by atoms with Gasteiger partial charge in [-0.2, -0.15) is 0 Å². The highest BCUT2D eigenvalue weighted by Gasteiger charge is 2.23. The molecule has 3 N–H and O–H groups in total. The Morgan fingerprint density at radius 2 is 1.93 bits per heavy atom. The molecule has 6 nitrogen and oxygen atoms in total. The first kappa shape index (κ1) is 17.2. The number of pyridine rings is 2. The van der Waals surface area contributed by atoms with Crippen molar-refractivity contribution in [2.45, 2.75) is 25.2 Å². The average molecular weight is 392 g/mol. The summed E-state index contributed by atoms with van der Waals surface area (Å²) in [4.78, 5) is 21.3. The summed E-state index contributed by atoms with van der Waals surface area (Å²) in [5.41, 5.74) is 7.10. The quantitative estimate of drug-likeness (QED) is 0.313. The Labute approximate surface area is 166 Å². The van der Waals surface area contributed by atoms with Crippen molar-refractivity contribution in [1.29, 1.82) is 0 Å². The SMILES string of the molecule is NNC(=O)c1cn2c(ccc3c(-c4ccc(Cl)cc4)cc(C4CCC4)nc32)n1. The number of halogens is 1. The number of nitrogens with one attached hydrogen (secondary N) is 1. The van der Waals surface area contributed by atoms with Crippen LogP contribution in [0.5, 0.6) is 0 Å². The molecule has 1 saturated carbocycles.